The number of piperidine rings is 1. The fourth-order valence-electron chi connectivity index (χ4n) is 5.95. The third kappa shape index (κ3) is 7.32. The number of carbonyl (C=O) groups is 2. The van der Waals surface area contributed by atoms with Crippen molar-refractivity contribution in [3.8, 4) is 22.8 Å². The number of benzene rings is 1. The topological polar surface area (TPSA) is 82.0 Å². The van der Waals surface area contributed by atoms with E-state index in [1.807, 2.05) is 52.0 Å². The van der Waals surface area contributed by atoms with E-state index < -0.39 is 5.60 Å². The van der Waals surface area contributed by atoms with Gasteiger partial charge in [0.1, 0.15) is 17.1 Å². The Balaban J connectivity index is 1.49. The van der Waals surface area contributed by atoms with Crippen LogP contribution in [0.2, 0.25) is 0 Å². The van der Waals surface area contributed by atoms with Gasteiger partial charge in [-0.05, 0) is 89.5 Å². The number of amides is 2. The van der Waals surface area contributed by atoms with Gasteiger partial charge in [0.2, 0.25) is 0 Å². The molecule has 8 nitrogen and oxygen atoms in total. The van der Waals surface area contributed by atoms with Gasteiger partial charge in [-0.1, -0.05) is 19.3 Å². The molecule has 1 aliphatic heterocycles. The molecule has 1 N–H and O–H groups in total. The average Bonchev–Trinajstić information content (AvgIpc) is 3.26. The van der Waals surface area contributed by atoms with Crippen molar-refractivity contribution in [3.05, 3.63) is 35.5 Å². The molecule has 1 aromatic carbocycles. The first-order valence-electron chi connectivity index (χ1n) is 14.8. The molecule has 2 aliphatic rings. The van der Waals surface area contributed by atoms with E-state index in [9.17, 15) is 9.59 Å². The summed E-state index contributed by atoms with van der Waals surface area (Å²) in [6.45, 7) is 10.5. The molecular formula is C32H47N3O5. The molecule has 1 saturated carbocycles. The van der Waals surface area contributed by atoms with E-state index in [4.69, 9.17) is 14.2 Å². The van der Waals surface area contributed by atoms with Crippen LogP contribution in [0.4, 0.5) is 4.79 Å². The maximum Gasteiger partial charge on any atom is 0.410 e. The second-order valence-corrected chi connectivity index (χ2v) is 12.3. The molecule has 0 unspecified atom stereocenters. The number of likely N-dealkylation sites (tertiary alicyclic amines) is 1. The molecule has 0 radical (unpaired) electrons. The van der Waals surface area contributed by atoms with Crippen LogP contribution in [0.5, 0.6) is 11.5 Å². The normalized spacial score (nSPS) is 17.0. The van der Waals surface area contributed by atoms with Gasteiger partial charge in [-0.2, -0.15) is 0 Å². The summed E-state index contributed by atoms with van der Waals surface area (Å²) in [6.07, 6.45) is 7.70. The molecule has 4 rings (SSSR count). The fourth-order valence-corrected chi connectivity index (χ4v) is 5.95. The van der Waals surface area contributed by atoms with Crippen molar-refractivity contribution in [1.29, 1.82) is 0 Å². The minimum atomic E-state index is -0.499. The highest BCUT2D eigenvalue weighted by atomic mass is 16.6. The lowest BCUT2D eigenvalue weighted by atomic mass is 9.89. The van der Waals surface area contributed by atoms with E-state index in [0.29, 0.717) is 37.0 Å². The summed E-state index contributed by atoms with van der Waals surface area (Å²) in [5, 5.41) is 3.20. The first kappa shape index (κ1) is 29.8. The van der Waals surface area contributed by atoms with Crippen LogP contribution in [0.25, 0.3) is 11.3 Å². The van der Waals surface area contributed by atoms with Gasteiger partial charge in [0.25, 0.3) is 5.91 Å². The Bertz CT molecular complexity index is 1170. The summed E-state index contributed by atoms with van der Waals surface area (Å²) in [4.78, 5) is 27.7. The highest BCUT2D eigenvalue weighted by molar-refractivity contribution is 5.97. The van der Waals surface area contributed by atoms with Crippen LogP contribution in [0.1, 0.15) is 81.8 Å². The van der Waals surface area contributed by atoms with Crippen molar-refractivity contribution in [1.82, 2.24) is 14.8 Å². The number of nitrogens with zero attached hydrogens (tertiary/aromatic N) is 2. The predicted molar refractivity (Wildman–Crippen MR) is 157 cm³/mol. The minimum absolute atomic E-state index is 0.0578. The zero-order chi connectivity index (χ0) is 28.9. The Morgan fingerprint density at radius 1 is 0.950 bits per heavy atom. The monoisotopic (exact) mass is 553 g/mol. The lowest BCUT2D eigenvalue weighted by Gasteiger charge is -2.33. The van der Waals surface area contributed by atoms with Crippen molar-refractivity contribution < 1.29 is 23.8 Å². The summed E-state index contributed by atoms with van der Waals surface area (Å²) < 4.78 is 19.1. The Morgan fingerprint density at radius 2 is 1.65 bits per heavy atom. The van der Waals surface area contributed by atoms with Crippen LogP contribution in [0.15, 0.2) is 24.3 Å². The molecule has 2 fully saturated rings. The SMILES string of the molecule is COc1ccc(OC)c(-c2cc(C(=O)NCC3CCN(C(=O)OC(C)(C)C)CC3)c(C)n2CC2CCCCC2)c1. The summed E-state index contributed by atoms with van der Waals surface area (Å²) in [6, 6.07) is 7.82. The van der Waals surface area contributed by atoms with Crippen LogP contribution in [0, 0.1) is 18.8 Å². The van der Waals surface area contributed by atoms with E-state index in [0.717, 1.165) is 47.8 Å². The zero-order valence-corrected chi connectivity index (χ0v) is 25.2. The van der Waals surface area contributed by atoms with Crippen LogP contribution in [-0.2, 0) is 11.3 Å². The quantitative estimate of drug-likeness (QED) is 0.407. The van der Waals surface area contributed by atoms with Crippen LogP contribution in [-0.4, -0.2) is 60.9 Å². The third-order valence-electron chi connectivity index (χ3n) is 8.28. The molecule has 1 aromatic heterocycles. The maximum absolute atomic E-state index is 13.5. The minimum Gasteiger partial charge on any atom is -0.497 e. The molecule has 1 aliphatic carbocycles. The Morgan fingerprint density at radius 3 is 2.27 bits per heavy atom. The molecule has 0 spiro atoms. The molecule has 8 heteroatoms. The summed E-state index contributed by atoms with van der Waals surface area (Å²) in [5.41, 5.74) is 3.08. The van der Waals surface area contributed by atoms with Gasteiger partial charge in [0.05, 0.1) is 25.5 Å². The van der Waals surface area contributed by atoms with Gasteiger partial charge in [-0.3, -0.25) is 4.79 Å². The highest BCUT2D eigenvalue weighted by Gasteiger charge is 2.28. The largest absolute Gasteiger partial charge is 0.497 e. The van der Waals surface area contributed by atoms with E-state index in [-0.39, 0.29) is 12.0 Å². The molecule has 0 bridgehead atoms. The van der Waals surface area contributed by atoms with Gasteiger partial charge in [0.15, 0.2) is 0 Å². The molecule has 2 amide bonds. The van der Waals surface area contributed by atoms with Crippen LogP contribution >= 0.6 is 0 Å². The smallest absolute Gasteiger partial charge is 0.410 e. The van der Waals surface area contributed by atoms with Crippen molar-refractivity contribution in [2.24, 2.45) is 11.8 Å². The number of ether oxygens (including phenoxy) is 3. The van der Waals surface area contributed by atoms with Crippen molar-refractivity contribution in [3.63, 3.8) is 0 Å². The van der Waals surface area contributed by atoms with Gasteiger partial charge >= 0.3 is 6.09 Å². The van der Waals surface area contributed by atoms with Gasteiger partial charge in [-0.25, -0.2) is 4.79 Å². The van der Waals surface area contributed by atoms with E-state index in [2.05, 4.69) is 9.88 Å². The molecule has 2 heterocycles. The number of aromatic nitrogens is 1. The Labute approximate surface area is 239 Å². The van der Waals surface area contributed by atoms with Crippen molar-refractivity contribution in [2.75, 3.05) is 33.9 Å². The van der Waals surface area contributed by atoms with Crippen LogP contribution < -0.4 is 14.8 Å². The summed E-state index contributed by atoms with van der Waals surface area (Å²) >= 11 is 0. The van der Waals surface area contributed by atoms with Gasteiger partial charge < -0.3 is 29.0 Å². The van der Waals surface area contributed by atoms with Gasteiger partial charge in [-0.15, -0.1) is 0 Å². The molecule has 220 valence electrons. The molecule has 40 heavy (non-hydrogen) atoms. The molecular weight excluding hydrogens is 506 g/mol. The summed E-state index contributed by atoms with van der Waals surface area (Å²) in [5.74, 6) is 2.37. The third-order valence-corrected chi connectivity index (χ3v) is 8.28. The second-order valence-electron chi connectivity index (χ2n) is 12.3. The first-order chi connectivity index (χ1) is 19.1. The average molecular weight is 554 g/mol. The van der Waals surface area contributed by atoms with Crippen molar-refractivity contribution in [2.45, 2.75) is 84.8 Å². The number of rotatable bonds is 8. The number of hydrogen-bond donors (Lipinski definition) is 1. The number of hydrogen-bond acceptors (Lipinski definition) is 5. The van der Waals surface area contributed by atoms with E-state index >= 15 is 0 Å². The number of nitrogens with one attached hydrogen (secondary N) is 1. The number of methoxy groups -OCH3 is 2. The first-order valence-corrected chi connectivity index (χ1v) is 14.8. The Hall–Kier alpha value is -3.16. The fraction of sp³-hybridized carbons (Fsp3) is 0.625. The lowest BCUT2D eigenvalue weighted by Crippen LogP contribution is -2.43. The van der Waals surface area contributed by atoms with E-state index in [1.54, 1.807) is 19.1 Å². The predicted octanol–water partition coefficient (Wildman–Crippen LogP) is 6.44. The van der Waals surface area contributed by atoms with E-state index in [1.165, 1.54) is 32.1 Å². The molecule has 0 atom stereocenters. The maximum atomic E-state index is 13.5. The highest BCUT2D eigenvalue weighted by Crippen LogP contribution is 2.37. The number of carbonyl (C=O) groups excluding carboxylic acids is 2. The Kier molecular flexibility index (Phi) is 9.69. The van der Waals surface area contributed by atoms with Crippen molar-refractivity contribution >= 4 is 12.0 Å². The van der Waals surface area contributed by atoms with Gasteiger partial charge in [0, 0.05) is 37.4 Å². The van der Waals surface area contributed by atoms with Crippen LogP contribution in [0.3, 0.4) is 0 Å². The standard InChI is InChI=1S/C32H47N3O5/c1-22-26(30(36)33-20-23-14-16-34(17-15-23)31(37)40-32(2,3)4)19-28(35(22)21-24-10-8-7-9-11-24)27-18-25(38-5)12-13-29(27)39-6/h12-13,18-19,23-24H,7-11,14-17,20-21H2,1-6H3,(H,33,36). The molecule has 2 aromatic rings. The second kappa shape index (κ2) is 13.0. The zero-order valence-electron chi connectivity index (χ0n) is 25.2. The summed E-state index contributed by atoms with van der Waals surface area (Å²) in [7, 11) is 3.34. The lowest BCUT2D eigenvalue weighted by molar-refractivity contribution is 0.0183. The molecule has 1 saturated heterocycles.